The van der Waals surface area contributed by atoms with Crippen molar-refractivity contribution in [1.29, 1.82) is 0 Å². The normalized spacial score (nSPS) is 10.4. The van der Waals surface area contributed by atoms with Gasteiger partial charge in [-0.05, 0) is 0 Å². The summed E-state index contributed by atoms with van der Waals surface area (Å²) in [6.07, 6.45) is 1.52. The number of hydrogen-bond acceptors (Lipinski definition) is 3. The minimum absolute atomic E-state index is 0.666. The Kier molecular flexibility index (Phi) is 3.33. The summed E-state index contributed by atoms with van der Waals surface area (Å²) in [4.78, 5) is 7.97. The van der Waals surface area contributed by atoms with Crippen LogP contribution in [-0.2, 0) is 0 Å². The number of aromatic nitrogens is 2. The van der Waals surface area contributed by atoms with E-state index < -0.39 is 14.4 Å². The molecule has 64 valence electrons. The van der Waals surface area contributed by atoms with Crippen LogP contribution in [0.5, 0.6) is 5.88 Å². The summed E-state index contributed by atoms with van der Waals surface area (Å²) in [5.41, 5.74) is 2.99. The van der Waals surface area contributed by atoms with Crippen molar-refractivity contribution in [1.82, 2.24) is 9.97 Å². The van der Waals surface area contributed by atoms with Gasteiger partial charge in [0.1, 0.15) is 0 Å². The van der Waals surface area contributed by atoms with Crippen LogP contribution in [0, 0.1) is 11.5 Å². The molecule has 0 N–H and O–H groups in total. The molecular weight excluding hydrogens is 215 g/mol. The molecule has 0 saturated carbocycles. The zero-order valence-electron chi connectivity index (χ0n) is 7.40. The van der Waals surface area contributed by atoms with E-state index in [1.165, 1.54) is 6.33 Å². The maximum absolute atomic E-state index is 5.53. The number of nitrogens with zero attached hydrogens (tertiary/aromatic N) is 2. The summed E-state index contributed by atoms with van der Waals surface area (Å²) in [5, 5.41) is 0. The first-order chi connectivity index (χ1) is 5.72. The predicted molar refractivity (Wildman–Crippen MR) is 48.6 cm³/mol. The van der Waals surface area contributed by atoms with Crippen molar-refractivity contribution >= 4 is 14.4 Å². The van der Waals surface area contributed by atoms with Gasteiger partial charge in [0, 0.05) is 0 Å². The van der Waals surface area contributed by atoms with E-state index in [9.17, 15) is 0 Å². The number of aryl methyl sites for hydroxylation is 1. The molecule has 4 heteroatoms. The fourth-order valence-electron chi connectivity index (χ4n) is 0.666. The van der Waals surface area contributed by atoms with Crippen molar-refractivity contribution in [3.63, 3.8) is 0 Å². The molecule has 3 nitrogen and oxygen atoms in total. The van der Waals surface area contributed by atoms with E-state index in [4.69, 9.17) is 3.73 Å². The van der Waals surface area contributed by atoms with Crippen molar-refractivity contribution in [2.75, 3.05) is 0 Å². The molecule has 1 unspecified atom stereocenters. The maximum atomic E-state index is 5.53. The van der Waals surface area contributed by atoms with Gasteiger partial charge >= 0.3 is 76.2 Å². The molecule has 0 fully saturated rings. The van der Waals surface area contributed by atoms with Crippen LogP contribution in [0.1, 0.15) is 12.6 Å². The first-order valence-corrected chi connectivity index (χ1v) is 7.18. The van der Waals surface area contributed by atoms with Crippen LogP contribution in [-0.4, -0.2) is 24.3 Å². The van der Waals surface area contributed by atoms with E-state index >= 15 is 0 Å². The molecule has 12 heavy (non-hydrogen) atoms. The van der Waals surface area contributed by atoms with Crippen LogP contribution in [0.2, 0.25) is 5.71 Å². The molecular formula is C8H11AsN2O. The molecule has 1 aromatic rings. The van der Waals surface area contributed by atoms with Gasteiger partial charge in [0.25, 0.3) is 0 Å². The first kappa shape index (κ1) is 9.31. The molecule has 1 aromatic heterocycles. The second-order valence-corrected chi connectivity index (χ2v) is 5.72. The van der Waals surface area contributed by atoms with Crippen LogP contribution in [0.25, 0.3) is 0 Å². The van der Waals surface area contributed by atoms with Crippen molar-refractivity contribution in [3.8, 4) is 10.5 Å². The van der Waals surface area contributed by atoms with Gasteiger partial charge in [-0.15, -0.1) is 0 Å². The molecule has 0 amide bonds. The van der Waals surface area contributed by atoms with Crippen LogP contribution >= 0.6 is 0 Å². The topological polar surface area (TPSA) is 35.0 Å². The SMILES string of the molecule is CC#[As](C)Oc1cc(C)ncn1. The molecule has 1 atom stereocenters. The van der Waals surface area contributed by atoms with Gasteiger partial charge in [0.15, 0.2) is 0 Å². The molecule has 0 spiro atoms. The van der Waals surface area contributed by atoms with Gasteiger partial charge in [0.05, 0.1) is 0 Å². The van der Waals surface area contributed by atoms with Crippen molar-refractivity contribution in [3.05, 3.63) is 18.1 Å². The molecule has 0 bridgehead atoms. The van der Waals surface area contributed by atoms with Crippen molar-refractivity contribution in [2.24, 2.45) is 0 Å². The average Bonchev–Trinajstić information content (AvgIpc) is 2.04. The molecule has 0 aromatic carbocycles. The molecule has 0 saturated heterocycles. The Morgan fingerprint density at radius 1 is 1.50 bits per heavy atom. The van der Waals surface area contributed by atoms with Gasteiger partial charge in [-0.25, -0.2) is 0 Å². The Labute approximate surface area is 76.6 Å². The summed E-state index contributed by atoms with van der Waals surface area (Å²) in [7, 11) is 0. The molecule has 0 aliphatic carbocycles. The fourth-order valence-corrected chi connectivity index (χ4v) is 1.66. The van der Waals surface area contributed by atoms with E-state index in [2.05, 4.69) is 20.3 Å². The summed E-state index contributed by atoms with van der Waals surface area (Å²) in [6.45, 7) is 3.81. The third-order valence-corrected chi connectivity index (χ3v) is 3.61. The quantitative estimate of drug-likeness (QED) is 0.678. The van der Waals surface area contributed by atoms with Crippen LogP contribution < -0.4 is 3.73 Å². The van der Waals surface area contributed by atoms with Crippen molar-refractivity contribution in [2.45, 2.75) is 19.6 Å². The zero-order chi connectivity index (χ0) is 8.97. The molecule has 1 rings (SSSR count). The Morgan fingerprint density at radius 2 is 2.25 bits per heavy atom. The van der Waals surface area contributed by atoms with E-state index in [1.807, 2.05) is 19.9 Å². The molecule has 0 aliphatic heterocycles. The van der Waals surface area contributed by atoms with E-state index in [0.29, 0.717) is 5.88 Å². The summed E-state index contributed by atoms with van der Waals surface area (Å²) in [5.74, 6) is 0.666. The molecule has 0 radical (unpaired) electrons. The monoisotopic (exact) mass is 226 g/mol. The average molecular weight is 226 g/mol. The number of rotatable bonds is 1. The van der Waals surface area contributed by atoms with Crippen LogP contribution in [0.3, 0.4) is 0 Å². The Balaban J connectivity index is 2.81. The second kappa shape index (κ2) is 4.30. The van der Waals surface area contributed by atoms with Gasteiger partial charge < -0.3 is 0 Å². The van der Waals surface area contributed by atoms with E-state index in [-0.39, 0.29) is 0 Å². The third-order valence-electron chi connectivity index (χ3n) is 1.32. The van der Waals surface area contributed by atoms with Crippen LogP contribution in [0.4, 0.5) is 0 Å². The van der Waals surface area contributed by atoms with Gasteiger partial charge in [-0.2, -0.15) is 0 Å². The molecule has 0 aliphatic rings. The standard InChI is InChI=1S/C8H11AsN2O/c1-4-9(3)12-8-5-7(2)10-6-11-8/h5-6H,1-3H3. The van der Waals surface area contributed by atoms with Gasteiger partial charge in [-0.3, -0.25) is 0 Å². The Hall–Kier alpha value is -0.782. The van der Waals surface area contributed by atoms with Crippen LogP contribution in [0.15, 0.2) is 12.4 Å². The van der Waals surface area contributed by atoms with Gasteiger partial charge in [-0.1, -0.05) is 0 Å². The Bertz CT molecular complexity index is 351. The summed E-state index contributed by atoms with van der Waals surface area (Å²) >= 11 is -1.33. The van der Waals surface area contributed by atoms with E-state index in [1.54, 1.807) is 0 Å². The third kappa shape index (κ3) is 2.69. The molecule has 1 heterocycles. The van der Waals surface area contributed by atoms with E-state index in [0.717, 1.165) is 5.69 Å². The predicted octanol–water partition coefficient (Wildman–Crippen LogP) is 1.35. The van der Waals surface area contributed by atoms with Gasteiger partial charge in [0.2, 0.25) is 0 Å². The van der Waals surface area contributed by atoms with Crippen molar-refractivity contribution < 1.29 is 3.73 Å². The first-order valence-electron chi connectivity index (χ1n) is 3.60. The number of hydrogen-bond donors (Lipinski definition) is 0. The fraction of sp³-hybridized carbons (Fsp3) is 0.375. The summed E-state index contributed by atoms with van der Waals surface area (Å²) < 4.78 is 8.62. The summed E-state index contributed by atoms with van der Waals surface area (Å²) in [6, 6.07) is 1.84. The Morgan fingerprint density at radius 3 is 2.83 bits per heavy atom. The minimum atomic E-state index is -1.33. The zero-order valence-corrected chi connectivity index (χ0v) is 9.28. The second-order valence-electron chi connectivity index (χ2n) is 2.31.